The summed E-state index contributed by atoms with van der Waals surface area (Å²) in [6.45, 7) is 6.26. The zero-order valence-corrected chi connectivity index (χ0v) is 19.7. The van der Waals surface area contributed by atoms with Crippen LogP contribution in [0.5, 0.6) is 0 Å². The van der Waals surface area contributed by atoms with Crippen LogP contribution >= 0.6 is 0 Å². The van der Waals surface area contributed by atoms with Crippen LogP contribution in [0.25, 0.3) is 16.7 Å². The fraction of sp³-hybridized carbons (Fsp3) is 0.520. The number of rotatable bonds is 13. The van der Waals surface area contributed by atoms with E-state index in [1.165, 1.54) is 36.2 Å². The first-order valence-corrected chi connectivity index (χ1v) is 12.0. The lowest BCUT2D eigenvalue weighted by atomic mass is 10.1. The maximum Gasteiger partial charge on any atom is 0.267 e. The first-order chi connectivity index (χ1) is 16.1. The molecule has 8 nitrogen and oxygen atoms in total. The molecule has 0 aliphatic carbocycles. The molecule has 178 valence electrons. The van der Waals surface area contributed by atoms with Gasteiger partial charge in [0.1, 0.15) is 16.8 Å². The maximum atomic E-state index is 13.2. The van der Waals surface area contributed by atoms with Gasteiger partial charge in [0.05, 0.1) is 10.9 Å². The van der Waals surface area contributed by atoms with Gasteiger partial charge < -0.3 is 14.6 Å². The lowest BCUT2D eigenvalue weighted by molar-refractivity contribution is 0.0950. The van der Waals surface area contributed by atoms with Crippen molar-refractivity contribution < 1.29 is 9.53 Å². The van der Waals surface area contributed by atoms with E-state index in [0.717, 1.165) is 12.8 Å². The molecule has 0 saturated heterocycles. The summed E-state index contributed by atoms with van der Waals surface area (Å²) >= 11 is 0. The Labute approximate surface area is 194 Å². The lowest BCUT2D eigenvalue weighted by Crippen LogP contribution is -2.35. The number of aromatic nitrogens is 3. The third-order valence-corrected chi connectivity index (χ3v) is 5.75. The normalized spacial score (nSPS) is 11.3. The molecule has 0 atom stereocenters. The number of amides is 1. The van der Waals surface area contributed by atoms with E-state index < -0.39 is 0 Å². The Kier molecular flexibility index (Phi) is 9.18. The second-order valence-electron chi connectivity index (χ2n) is 8.22. The molecule has 0 aliphatic rings. The molecule has 3 aromatic rings. The Morgan fingerprint density at radius 1 is 1.12 bits per heavy atom. The summed E-state index contributed by atoms with van der Waals surface area (Å²) in [5.41, 5.74) is 0.929. The van der Waals surface area contributed by atoms with Crippen LogP contribution < -0.4 is 16.4 Å². The Bertz CT molecular complexity index is 1200. The summed E-state index contributed by atoms with van der Waals surface area (Å²) in [5, 5.41) is 12.0. The summed E-state index contributed by atoms with van der Waals surface area (Å²) < 4.78 is 8.56. The van der Waals surface area contributed by atoms with Crippen molar-refractivity contribution in [2.75, 3.05) is 19.8 Å². The van der Waals surface area contributed by atoms with Gasteiger partial charge in [-0.15, -0.1) is 0 Å². The van der Waals surface area contributed by atoms with Crippen LogP contribution in [0, 0.1) is 5.41 Å². The molecule has 33 heavy (non-hydrogen) atoms. The predicted molar refractivity (Wildman–Crippen MR) is 130 cm³/mol. The van der Waals surface area contributed by atoms with Crippen molar-refractivity contribution in [3.8, 4) is 0 Å². The number of hydrogen-bond donors (Lipinski definition) is 2. The van der Waals surface area contributed by atoms with Crippen LogP contribution in [-0.4, -0.2) is 39.6 Å². The molecular weight excluding hydrogens is 418 g/mol. The van der Waals surface area contributed by atoms with Gasteiger partial charge in [0.15, 0.2) is 0 Å². The summed E-state index contributed by atoms with van der Waals surface area (Å²) in [6, 6.07) is 6.86. The number of nitrogens with one attached hydrogen (secondary N) is 2. The summed E-state index contributed by atoms with van der Waals surface area (Å²) in [4.78, 5) is 30.8. The van der Waals surface area contributed by atoms with Crippen molar-refractivity contribution in [1.29, 1.82) is 5.41 Å². The smallest absolute Gasteiger partial charge is 0.267 e. The van der Waals surface area contributed by atoms with E-state index in [1.54, 1.807) is 22.9 Å². The minimum Gasteiger partial charge on any atom is -0.382 e. The quantitative estimate of drug-likeness (QED) is 0.305. The fourth-order valence-corrected chi connectivity index (χ4v) is 3.95. The molecule has 3 rings (SSSR count). The second kappa shape index (κ2) is 12.3. The van der Waals surface area contributed by atoms with Crippen molar-refractivity contribution in [2.45, 2.75) is 65.3 Å². The molecule has 3 aromatic heterocycles. The van der Waals surface area contributed by atoms with Gasteiger partial charge in [-0.25, -0.2) is 4.98 Å². The van der Waals surface area contributed by atoms with E-state index in [9.17, 15) is 9.59 Å². The minimum absolute atomic E-state index is 0.0617. The van der Waals surface area contributed by atoms with Gasteiger partial charge in [-0.3, -0.25) is 19.4 Å². The number of unbranched alkanes of at least 4 members (excludes halogenated alkanes) is 5. The molecule has 0 aliphatic heterocycles. The predicted octanol–water partition coefficient (Wildman–Crippen LogP) is 3.65. The summed E-state index contributed by atoms with van der Waals surface area (Å²) in [6.07, 6.45) is 9.12. The molecule has 0 bridgehead atoms. The minimum atomic E-state index is -0.327. The molecule has 0 spiro atoms. The van der Waals surface area contributed by atoms with E-state index in [-0.39, 0.29) is 22.5 Å². The number of hydrogen-bond acceptors (Lipinski definition) is 5. The van der Waals surface area contributed by atoms with Crippen molar-refractivity contribution >= 4 is 22.6 Å². The molecule has 0 aromatic carbocycles. The average molecular weight is 454 g/mol. The number of aryl methyl sites for hydroxylation is 1. The van der Waals surface area contributed by atoms with Gasteiger partial charge in [-0.1, -0.05) is 45.1 Å². The number of nitrogens with zero attached hydrogens (tertiary/aromatic N) is 3. The van der Waals surface area contributed by atoms with Crippen LogP contribution in [0.3, 0.4) is 0 Å². The van der Waals surface area contributed by atoms with Crippen LogP contribution in [0.2, 0.25) is 0 Å². The van der Waals surface area contributed by atoms with E-state index in [2.05, 4.69) is 17.2 Å². The highest BCUT2D eigenvalue weighted by Gasteiger charge is 2.17. The van der Waals surface area contributed by atoms with Crippen molar-refractivity contribution in [1.82, 2.24) is 19.3 Å². The molecule has 0 unspecified atom stereocenters. The van der Waals surface area contributed by atoms with Crippen LogP contribution in [-0.2, 0) is 11.3 Å². The Balaban J connectivity index is 1.90. The molecule has 1 amide bonds. The largest absolute Gasteiger partial charge is 0.382 e. The van der Waals surface area contributed by atoms with Gasteiger partial charge >= 0.3 is 0 Å². The zero-order chi connectivity index (χ0) is 23.6. The molecule has 0 radical (unpaired) electrons. The van der Waals surface area contributed by atoms with E-state index in [0.29, 0.717) is 49.4 Å². The van der Waals surface area contributed by atoms with Gasteiger partial charge in [-0.05, 0) is 38.0 Å². The summed E-state index contributed by atoms with van der Waals surface area (Å²) in [5.74, 6) is -0.327. The highest BCUT2D eigenvalue weighted by Crippen LogP contribution is 2.11. The van der Waals surface area contributed by atoms with E-state index >= 15 is 0 Å². The first kappa shape index (κ1) is 24.6. The number of carbonyl (C=O) groups is 1. The fourth-order valence-electron chi connectivity index (χ4n) is 3.95. The average Bonchev–Trinajstić information content (AvgIpc) is 2.82. The highest BCUT2D eigenvalue weighted by molar-refractivity contribution is 5.96. The number of ether oxygens (including phenoxy) is 1. The molecule has 2 N–H and O–H groups in total. The molecule has 3 heterocycles. The van der Waals surface area contributed by atoms with Gasteiger partial charge in [0, 0.05) is 32.5 Å². The number of pyridine rings is 2. The molecule has 8 heteroatoms. The third kappa shape index (κ3) is 6.07. The molecule has 0 saturated carbocycles. The topological polar surface area (TPSA) is 101 Å². The van der Waals surface area contributed by atoms with Gasteiger partial charge in [0.25, 0.3) is 11.5 Å². The van der Waals surface area contributed by atoms with Crippen molar-refractivity contribution in [3.05, 3.63) is 51.9 Å². The number of fused-ring (bicyclic) bond motifs is 2. The SMILES string of the molecule is CCCCCCCCNC(=O)c1cc2c(=O)n3ccccc3nc2n(CCCOCC)c1=N. The van der Waals surface area contributed by atoms with Crippen LogP contribution in [0.15, 0.2) is 35.3 Å². The monoisotopic (exact) mass is 453 g/mol. The summed E-state index contributed by atoms with van der Waals surface area (Å²) in [7, 11) is 0. The van der Waals surface area contributed by atoms with Crippen LogP contribution in [0.4, 0.5) is 0 Å². The first-order valence-electron chi connectivity index (χ1n) is 12.0. The zero-order valence-electron chi connectivity index (χ0n) is 19.7. The van der Waals surface area contributed by atoms with Crippen molar-refractivity contribution in [2.24, 2.45) is 0 Å². The van der Waals surface area contributed by atoms with Gasteiger partial charge in [-0.2, -0.15) is 0 Å². The third-order valence-electron chi connectivity index (χ3n) is 5.75. The Hall–Kier alpha value is -3.00. The molecular formula is C25H35N5O3. The van der Waals surface area contributed by atoms with Crippen LogP contribution in [0.1, 0.15) is 69.2 Å². The Morgan fingerprint density at radius 2 is 1.91 bits per heavy atom. The Morgan fingerprint density at radius 3 is 2.70 bits per heavy atom. The van der Waals surface area contributed by atoms with E-state index in [4.69, 9.17) is 10.1 Å². The molecule has 0 fully saturated rings. The standard InChI is InChI=1S/C25H35N5O3/c1-3-5-6-7-8-10-14-27-24(31)19-18-20-23(30(22(19)26)16-12-17-33-4-2)28-21-13-9-11-15-29(21)25(20)32/h9,11,13,15,18,26H,3-8,10,12,14,16-17H2,1-2H3,(H,27,31). The van der Waals surface area contributed by atoms with Crippen molar-refractivity contribution in [3.63, 3.8) is 0 Å². The van der Waals surface area contributed by atoms with Gasteiger partial charge in [0.2, 0.25) is 0 Å². The highest BCUT2D eigenvalue weighted by atomic mass is 16.5. The lowest BCUT2D eigenvalue weighted by Gasteiger charge is -2.15. The second-order valence-corrected chi connectivity index (χ2v) is 8.22. The van der Waals surface area contributed by atoms with E-state index in [1.807, 2.05) is 13.0 Å². The maximum absolute atomic E-state index is 13.2. The number of carbonyl (C=O) groups excluding carboxylic acids is 1.